The Morgan fingerprint density at radius 2 is 1.86 bits per heavy atom. The second kappa shape index (κ2) is 7.83. The van der Waals surface area contributed by atoms with Gasteiger partial charge in [-0.25, -0.2) is 4.39 Å². The highest BCUT2D eigenvalue weighted by atomic mass is 19.1. The Morgan fingerprint density at radius 3 is 2.46 bits per heavy atom. The lowest BCUT2D eigenvalue weighted by Gasteiger charge is -2.45. The highest BCUT2D eigenvalue weighted by molar-refractivity contribution is 5.51. The molecule has 2 atom stereocenters. The first-order valence-corrected chi connectivity index (χ1v) is 10.4. The molecular formula is C23H36FNO3. The van der Waals surface area contributed by atoms with Crippen LogP contribution in [0.3, 0.4) is 0 Å². The van der Waals surface area contributed by atoms with Gasteiger partial charge < -0.3 is 14.2 Å². The third-order valence-electron chi connectivity index (χ3n) is 5.36. The second-order valence-electron chi connectivity index (χ2n) is 10.3. The number of ether oxygens (including phenoxy) is 3. The summed E-state index contributed by atoms with van der Waals surface area (Å²) in [5.74, 6) is 0.510. The number of hydrogen-bond donors (Lipinski definition) is 0. The van der Waals surface area contributed by atoms with Crippen LogP contribution in [-0.2, 0) is 11.2 Å². The van der Waals surface area contributed by atoms with E-state index in [-0.39, 0.29) is 34.7 Å². The topological polar surface area (TPSA) is 30.9 Å². The summed E-state index contributed by atoms with van der Waals surface area (Å²) in [4.78, 5) is 2.44. The van der Waals surface area contributed by atoms with E-state index < -0.39 is 0 Å². The molecule has 0 aliphatic carbocycles. The maximum atomic E-state index is 15.4. The van der Waals surface area contributed by atoms with Crippen molar-refractivity contribution in [2.75, 3.05) is 26.8 Å². The SMILES string of the molecule is COc1cc2c(c(F)c1OCC(C)(C)C)CCN1CC(OC(C)(C)C)CCC21. The predicted octanol–water partition coefficient (Wildman–Crippen LogP) is 5.14. The maximum absolute atomic E-state index is 15.4. The fourth-order valence-corrected chi connectivity index (χ4v) is 4.25. The van der Waals surface area contributed by atoms with Crippen molar-refractivity contribution in [2.45, 2.75) is 78.6 Å². The molecule has 1 aromatic rings. The van der Waals surface area contributed by atoms with E-state index in [1.807, 2.05) is 6.07 Å². The van der Waals surface area contributed by atoms with Crippen molar-refractivity contribution in [3.63, 3.8) is 0 Å². The molecule has 1 saturated heterocycles. The molecule has 0 aromatic heterocycles. The summed E-state index contributed by atoms with van der Waals surface area (Å²) in [5.41, 5.74) is 1.66. The van der Waals surface area contributed by atoms with Gasteiger partial charge in [0.1, 0.15) is 0 Å². The standard InChI is InChI=1S/C23H36FNO3/c1-22(2,3)14-27-21-19(26-7)12-17-16(20(21)24)10-11-25-13-15(8-9-18(17)25)28-23(4,5)6/h12,15,18H,8-11,13-14H2,1-7H3. The number of hydrogen-bond acceptors (Lipinski definition) is 4. The molecule has 1 fully saturated rings. The van der Waals surface area contributed by atoms with Crippen molar-refractivity contribution in [1.29, 1.82) is 0 Å². The number of fused-ring (bicyclic) bond motifs is 3. The first-order chi connectivity index (χ1) is 13.0. The average molecular weight is 394 g/mol. The van der Waals surface area contributed by atoms with Gasteiger partial charge in [0.2, 0.25) is 0 Å². The smallest absolute Gasteiger partial charge is 0.197 e. The van der Waals surface area contributed by atoms with Crippen LogP contribution in [0, 0.1) is 11.2 Å². The molecule has 5 heteroatoms. The molecule has 2 unspecified atom stereocenters. The van der Waals surface area contributed by atoms with Crippen LogP contribution in [0.2, 0.25) is 0 Å². The van der Waals surface area contributed by atoms with Crippen molar-refractivity contribution >= 4 is 0 Å². The van der Waals surface area contributed by atoms with Crippen LogP contribution >= 0.6 is 0 Å². The van der Waals surface area contributed by atoms with E-state index in [4.69, 9.17) is 14.2 Å². The molecule has 4 nitrogen and oxygen atoms in total. The van der Waals surface area contributed by atoms with Crippen LogP contribution < -0.4 is 9.47 Å². The lowest BCUT2D eigenvalue weighted by atomic mass is 9.85. The minimum absolute atomic E-state index is 0.0460. The Hall–Kier alpha value is -1.33. The molecule has 3 rings (SSSR count). The van der Waals surface area contributed by atoms with Crippen LogP contribution in [0.15, 0.2) is 6.07 Å². The fourth-order valence-electron chi connectivity index (χ4n) is 4.25. The summed E-state index contributed by atoms with van der Waals surface area (Å²) >= 11 is 0. The number of nitrogens with zero attached hydrogens (tertiary/aromatic N) is 1. The number of benzene rings is 1. The van der Waals surface area contributed by atoms with Gasteiger partial charge >= 0.3 is 0 Å². The molecule has 0 saturated carbocycles. The van der Waals surface area contributed by atoms with Gasteiger partial charge in [0, 0.05) is 19.1 Å². The van der Waals surface area contributed by atoms with Gasteiger partial charge in [0.25, 0.3) is 0 Å². The molecule has 2 heterocycles. The molecule has 0 bridgehead atoms. The van der Waals surface area contributed by atoms with Gasteiger partial charge in [-0.2, -0.15) is 0 Å². The third kappa shape index (κ3) is 4.80. The summed E-state index contributed by atoms with van der Waals surface area (Å²) in [6.45, 7) is 14.7. The number of piperidine rings is 1. The Kier molecular flexibility index (Phi) is 5.98. The highest BCUT2D eigenvalue weighted by Crippen LogP contribution is 2.44. The molecule has 0 radical (unpaired) electrons. The van der Waals surface area contributed by atoms with Crippen molar-refractivity contribution in [2.24, 2.45) is 5.41 Å². The van der Waals surface area contributed by atoms with E-state index in [9.17, 15) is 0 Å². The van der Waals surface area contributed by atoms with E-state index in [2.05, 4.69) is 46.4 Å². The van der Waals surface area contributed by atoms with E-state index >= 15 is 4.39 Å². The number of rotatable bonds is 4. The summed E-state index contributed by atoms with van der Waals surface area (Å²) in [6, 6.07) is 2.22. The average Bonchev–Trinajstić information content (AvgIpc) is 2.57. The molecule has 28 heavy (non-hydrogen) atoms. The van der Waals surface area contributed by atoms with Crippen molar-refractivity contribution < 1.29 is 18.6 Å². The Bertz CT molecular complexity index is 705. The van der Waals surface area contributed by atoms with Gasteiger partial charge in [-0.05, 0) is 62.6 Å². The number of methoxy groups -OCH3 is 1. The monoisotopic (exact) mass is 393 g/mol. The first-order valence-electron chi connectivity index (χ1n) is 10.4. The van der Waals surface area contributed by atoms with E-state index in [0.717, 1.165) is 37.1 Å². The lowest BCUT2D eigenvalue weighted by Crippen LogP contribution is -2.47. The highest BCUT2D eigenvalue weighted by Gasteiger charge is 2.37. The van der Waals surface area contributed by atoms with Crippen molar-refractivity contribution in [3.05, 3.63) is 23.0 Å². The molecule has 2 aliphatic heterocycles. The molecular weight excluding hydrogens is 357 g/mol. The van der Waals surface area contributed by atoms with Crippen LogP contribution in [0.25, 0.3) is 0 Å². The Balaban J connectivity index is 1.84. The summed E-state index contributed by atoms with van der Waals surface area (Å²) in [7, 11) is 1.58. The molecule has 0 spiro atoms. The second-order valence-corrected chi connectivity index (χ2v) is 10.3. The Morgan fingerprint density at radius 1 is 1.14 bits per heavy atom. The zero-order valence-corrected chi connectivity index (χ0v) is 18.5. The molecule has 0 amide bonds. The van der Waals surface area contributed by atoms with Crippen LogP contribution in [0.4, 0.5) is 4.39 Å². The van der Waals surface area contributed by atoms with Crippen LogP contribution in [0.1, 0.15) is 71.6 Å². The molecule has 1 aromatic carbocycles. The normalized spacial score (nSPS) is 23.1. The quantitative estimate of drug-likeness (QED) is 0.709. The minimum Gasteiger partial charge on any atom is -0.493 e. The van der Waals surface area contributed by atoms with Gasteiger partial charge in [-0.1, -0.05) is 20.8 Å². The maximum Gasteiger partial charge on any atom is 0.197 e. The zero-order chi connectivity index (χ0) is 20.7. The molecule has 0 N–H and O–H groups in total. The van der Waals surface area contributed by atoms with Crippen LogP contribution in [-0.4, -0.2) is 43.4 Å². The predicted molar refractivity (Wildman–Crippen MR) is 110 cm³/mol. The summed E-state index contributed by atoms with van der Waals surface area (Å²) < 4.78 is 33.0. The first kappa shape index (κ1) is 21.4. The Labute approximate surface area is 169 Å². The summed E-state index contributed by atoms with van der Waals surface area (Å²) in [5, 5.41) is 0. The zero-order valence-electron chi connectivity index (χ0n) is 18.5. The lowest BCUT2D eigenvalue weighted by molar-refractivity contribution is -0.0972. The number of halogens is 1. The van der Waals surface area contributed by atoms with Gasteiger partial charge in [0.05, 0.1) is 25.4 Å². The summed E-state index contributed by atoms with van der Waals surface area (Å²) in [6.07, 6.45) is 2.89. The molecule has 2 aliphatic rings. The van der Waals surface area contributed by atoms with E-state index in [0.29, 0.717) is 18.8 Å². The molecule has 158 valence electrons. The van der Waals surface area contributed by atoms with E-state index in [1.54, 1.807) is 7.11 Å². The van der Waals surface area contributed by atoms with Gasteiger partial charge in [-0.3, -0.25) is 4.90 Å². The minimum atomic E-state index is -0.244. The van der Waals surface area contributed by atoms with Crippen LogP contribution in [0.5, 0.6) is 11.5 Å². The fraction of sp³-hybridized carbons (Fsp3) is 0.739. The van der Waals surface area contributed by atoms with E-state index in [1.165, 1.54) is 0 Å². The van der Waals surface area contributed by atoms with Gasteiger partial charge in [-0.15, -0.1) is 0 Å². The van der Waals surface area contributed by atoms with Gasteiger partial charge in [0.15, 0.2) is 17.3 Å². The largest absolute Gasteiger partial charge is 0.493 e. The third-order valence-corrected chi connectivity index (χ3v) is 5.36. The van der Waals surface area contributed by atoms with Crippen molar-refractivity contribution in [3.8, 4) is 11.5 Å². The van der Waals surface area contributed by atoms with Crippen molar-refractivity contribution in [1.82, 2.24) is 4.90 Å².